The van der Waals surface area contributed by atoms with Crippen LogP contribution in [-0.4, -0.2) is 11.8 Å². The van der Waals surface area contributed by atoms with Gasteiger partial charge in [-0.15, -0.1) is 11.3 Å². The standard InChI is InChI=1S/C16H11ClN2O3S/c17-14-11-5-1-2-6-12(11)23-15(14)16(21)19-18-13(20)8-7-10-4-3-9-22-10/h1-9H,(H,18,20)(H,19,21). The second-order valence-electron chi connectivity index (χ2n) is 4.53. The van der Waals surface area contributed by atoms with Crippen molar-refractivity contribution in [2.75, 3.05) is 0 Å². The monoisotopic (exact) mass is 346 g/mol. The van der Waals surface area contributed by atoms with Crippen molar-refractivity contribution in [3.05, 3.63) is 64.4 Å². The normalized spacial score (nSPS) is 11.0. The molecule has 2 amide bonds. The van der Waals surface area contributed by atoms with Gasteiger partial charge >= 0.3 is 0 Å². The molecule has 0 aliphatic heterocycles. The van der Waals surface area contributed by atoms with Gasteiger partial charge in [-0.1, -0.05) is 29.8 Å². The molecule has 116 valence electrons. The summed E-state index contributed by atoms with van der Waals surface area (Å²) in [5.41, 5.74) is 4.63. The molecule has 0 fully saturated rings. The Morgan fingerprint density at radius 3 is 2.70 bits per heavy atom. The minimum Gasteiger partial charge on any atom is -0.465 e. The van der Waals surface area contributed by atoms with Gasteiger partial charge in [-0.05, 0) is 24.3 Å². The van der Waals surface area contributed by atoms with Crippen molar-refractivity contribution in [3.8, 4) is 0 Å². The first kappa shape index (κ1) is 15.3. The molecule has 0 unspecified atom stereocenters. The lowest BCUT2D eigenvalue weighted by Gasteiger charge is -2.03. The van der Waals surface area contributed by atoms with E-state index in [2.05, 4.69) is 10.9 Å². The summed E-state index contributed by atoms with van der Waals surface area (Å²) in [5.74, 6) is -0.401. The second kappa shape index (κ2) is 6.68. The summed E-state index contributed by atoms with van der Waals surface area (Å²) in [6, 6.07) is 10.9. The molecule has 0 saturated heterocycles. The number of carbonyl (C=O) groups is 2. The van der Waals surface area contributed by atoms with E-state index in [1.807, 2.05) is 24.3 Å². The van der Waals surface area contributed by atoms with E-state index < -0.39 is 11.8 Å². The number of carbonyl (C=O) groups excluding carboxylic acids is 2. The molecule has 0 saturated carbocycles. The van der Waals surface area contributed by atoms with E-state index >= 15 is 0 Å². The van der Waals surface area contributed by atoms with Crippen LogP contribution >= 0.6 is 22.9 Å². The second-order valence-corrected chi connectivity index (χ2v) is 5.96. The van der Waals surface area contributed by atoms with Crippen LogP contribution in [0.3, 0.4) is 0 Å². The Bertz CT molecular complexity index is 884. The average Bonchev–Trinajstić information content (AvgIpc) is 3.19. The number of hydrazine groups is 1. The summed E-state index contributed by atoms with van der Waals surface area (Å²) in [5, 5.41) is 1.19. The summed E-state index contributed by atoms with van der Waals surface area (Å²) in [6.07, 6.45) is 4.25. The van der Waals surface area contributed by atoms with Gasteiger partial charge in [0.05, 0.1) is 11.3 Å². The number of fused-ring (bicyclic) bond motifs is 1. The fourth-order valence-electron chi connectivity index (χ4n) is 1.92. The third-order valence-corrected chi connectivity index (χ3v) is 4.66. The van der Waals surface area contributed by atoms with Gasteiger partial charge in [0.1, 0.15) is 10.6 Å². The predicted molar refractivity (Wildman–Crippen MR) is 90.2 cm³/mol. The van der Waals surface area contributed by atoms with E-state index in [0.29, 0.717) is 15.7 Å². The minimum atomic E-state index is -0.480. The molecule has 23 heavy (non-hydrogen) atoms. The Labute approximate surface area is 140 Å². The number of halogens is 1. The molecule has 0 atom stereocenters. The molecule has 7 heteroatoms. The highest BCUT2D eigenvalue weighted by molar-refractivity contribution is 7.21. The van der Waals surface area contributed by atoms with Crippen molar-refractivity contribution >= 4 is 50.9 Å². The molecule has 5 nitrogen and oxygen atoms in total. The van der Waals surface area contributed by atoms with Crippen LogP contribution in [0.1, 0.15) is 15.4 Å². The Kier molecular flexibility index (Phi) is 4.45. The lowest BCUT2D eigenvalue weighted by molar-refractivity contribution is -0.117. The van der Waals surface area contributed by atoms with Crippen LogP contribution < -0.4 is 10.9 Å². The smallest absolute Gasteiger partial charge is 0.281 e. The SMILES string of the molecule is O=C(C=Cc1ccco1)NNC(=O)c1sc2ccccc2c1Cl. The van der Waals surface area contributed by atoms with Crippen molar-refractivity contribution in [1.29, 1.82) is 0 Å². The van der Waals surface area contributed by atoms with Crippen LogP contribution in [-0.2, 0) is 4.79 Å². The topological polar surface area (TPSA) is 71.3 Å². The number of furan rings is 1. The van der Waals surface area contributed by atoms with Crippen LogP contribution in [0, 0.1) is 0 Å². The van der Waals surface area contributed by atoms with Crippen LogP contribution in [0.25, 0.3) is 16.2 Å². The maximum Gasteiger partial charge on any atom is 0.281 e. The Hall–Kier alpha value is -2.57. The number of benzene rings is 1. The van der Waals surface area contributed by atoms with E-state index in [-0.39, 0.29) is 0 Å². The molecule has 2 aromatic heterocycles. The molecule has 2 N–H and O–H groups in total. The van der Waals surface area contributed by atoms with E-state index in [1.54, 1.807) is 12.1 Å². The maximum absolute atomic E-state index is 12.1. The average molecular weight is 347 g/mol. The molecule has 3 rings (SSSR count). The third-order valence-electron chi connectivity index (χ3n) is 2.98. The van der Waals surface area contributed by atoms with Crippen LogP contribution in [0.4, 0.5) is 0 Å². The number of rotatable bonds is 3. The first-order valence-electron chi connectivity index (χ1n) is 6.64. The Balaban J connectivity index is 1.64. The van der Waals surface area contributed by atoms with Gasteiger partial charge < -0.3 is 4.42 Å². The lowest BCUT2D eigenvalue weighted by Crippen LogP contribution is -2.40. The van der Waals surface area contributed by atoms with Gasteiger partial charge in [0.15, 0.2) is 0 Å². The molecule has 0 radical (unpaired) electrons. The number of amides is 2. The molecule has 0 aliphatic rings. The molecule has 0 spiro atoms. The summed E-state index contributed by atoms with van der Waals surface area (Å²) >= 11 is 7.47. The first-order valence-corrected chi connectivity index (χ1v) is 7.83. The zero-order valence-corrected chi connectivity index (χ0v) is 13.3. The van der Waals surface area contributed by atoms with Crippen LogP contribution in [0.15, 0.2) is 53.2 Å². The highest BCUT2D eigenvalue weighted by atomic mass is 35.5. The Morgan fingerprint density at radius 2 is 1.96 bits per heavy atom. The highest BCUT2D eigenvalue weighted by Gasteiger charge is 2.16. The summed E-state index contributed by atoms with van der Waals surface area (Å²) in [7, 11) is 0. The number of thiophene rings is 1. The minimum absolute atomic E-state index is 0.350. The van der Waals surface area contributed by atoms with Gasteiger partial charge in [-0.2, -0.15) is 0 Å². The Morgan fingerprint density at radius 1 is 1.13 bits per heavy atom. The largest absolute Gasteiger partial charge is 0.465 e. The van der Waals surface area contributed by atoms with Gasteiger partial charge in [0, 0.05) is 16.2 Å². The zero-order valence-electron chi connectivity index (χ0n) is 11.7. The van der Waals surface area contributed by atoms with E-state index in [4.69, 9.17) is 16.0 Å². The molecular weight excluding hydrogens is 336 g/mol. The van der Waals surface area contributed by atoms with Gasteiger partial charge in [-0.25, -0.2) is 0 Å². The van der Waals surface area contributed by atoms with Crippen LogP contribution in [0.2, 0.25) is 5.02 Å². The van der Waals surface area contributed by atoms with Gasteiger partial charge in [-0.3, -0.25) is 20.4 Å². The lowest BCUT2D eigenvalue weighted by atomic mass is 10.2. The van der Waals surface area contributed by atoms with Crippen molar-refractivity contribution in [1.82, 2.24) is 10.9 Å². The van der Waals surface area contributed by atoms with E-state index in [1.165, 1.54) is 29.8 Å². The maximum atomic E-state index is 12.1. The van der Waals surface area contributed by atoms with E-state index in [9.17, 15) is 9.59 Å². The first-order chi connectivity index (χ1) is 11.1. The van der Waals surface area contributed by atoms with Crippen molar-refractivity contribution in [2.24, 2.45) is 0 Å². The summed E-state index contributed by atoms with van der Waals surface area (Å²) < 4.78 is 5.97. The molecular formula is C16H11ClN2O3S. The molecule has 3 aromatic rings. The van der Waals surface area contributed by atoms with Gasteiger partial charge in [0.25, 0.3) is 11.8 Å². The quantitative estimate of drug-likeness (QED) is 0.562. The van der Waals surface area contributed by atoms with E-state index in [0.717, 1.165) is 10.1 Å². The summed E-state index contributed by atoms with van der Waals surface area (Å²) in [4.78, 5) is 24.1. The van der Waals surface area contributed by atoms with Crippen LogP contribution in [0.5, 0.6) is 0 Å². The predicted octanol–water partition coefficient (Wildman–Crippen LogP) is 3.62. The third kappa shape index (κ3) is 3.44. The fourth-order valence-corrected chi connectivity index (χ4v) is 3.33. The molecule has 0 aliphatic carbocycles. The number of hydrogen-bond donors (Lipinski definition) is 2. The molecule has 2 heterocycles. The zero-order chi connectivity index (χ0) is 16.2. The molecule has 1 aromatic carbocycles. The molecule has 0 bridgehead atoms. The van der Waals surface area contributed by atoms with Crippen molar-refractivity contribution < 1.29 is 14.0 Å². The number of nitrogens with one attached hydrogen (secondary N) is 2. The van der Waals surface area contributed by atoms with Gasteiger partial charge in [0.2, 0.25) is 0 Å². The number of hydrogen-bond acceptors (Lipinski definition) is 4. The van der Waals surface area contributed by atoms with Crippen molar-refractivity contribution in [2.45, 2.75) is 0 Å². The highest BCUT2D eigenvalue weighted by Crippen LogP contribution is 2.34. The summed E-state index contributed by atoms with van der Waals surface area (Å²) in [6.45, 7) is 0. The van der Waals surface area contributed by atoms with Crippen molar-refractivity contribution in [3.63, 3.8) is 0 Å². The fraction of sp³-hybridized carbons (Fsp3) is 0.